The first-order valence-electron chi connectivity index (χ1n) is 4.16. The Morgan fingerprint density at radius 3 is 2.19 bits per heavy atom. The summed E-state index contributed by atoms with van der Waals surface area (Å²) in [5, 5.41) is 8.90. The van der Waals surface area contributed by atoms with E-state index in [1.807, 2.05) is 4.72 Å². The molecule has 0 bridgehead atoms. The lowest BCUT2D eigenvalue weighted by molar-refractivity contribution is -0.125. The second-order valence-corrected chi connectivity index (χ2v) is 7.40. The van der Waals surface area contributed by atoms with Crippen molar-refractivity contribution in [3.05, 3.63) is 0 Å². The van der Waals surface area contributed by atoms with Crippen molar-refractivity contribution in [1.82, 2.24) is 4.72 Å². The second-order valence-electron chi connectivity index (χ2n) is 3.22. The summed E-state index contributed by atoms with van der Waals surface area (Å²) in [5.74, 6) is -2.22. The summed E-state index contributed by atoms with van der Waals surface area (Å²) in [6, 6.07) is 0. The molecule has 0 aromatic carbocycles. The van der Waals surface area contributed by atoms with Crippen LogP contribution in [-0.2, 0) is 24.7 Å². The van der Waals surface area contributed by atoms with Gasteiger partial charge in [-0.15, -0.1) is 0 Å². The minimum atomic E-state index is -3.84. The number of aliphatic hydroxyl groups is 1. The molecule has 1 atom stereocenters. The molecule has 96 valence electrons. The van der Waals surface area contributed by atoms with Crippen LogP contribution in [0, 0.1) is 0 Å². The van der Waals surface area contributed by atoms with Crippen molar-refractivity contribution in [3.63, 3.8) is 0 Å². The van der Waals surface area contributed by atoms with Gasteiger partial charge >= 0.3 is 0 Å². The molecule has 0 aliphatic carbocycles. The van der Waals surface area contributed by atoms with E-state index in [9.17, 15) is 21.6 Å². The summed E-state index contributed by atoms with van der Waals surface area (Å²) in [6.45, 7) is -0.568. The first-order valence-corrected chi connectivity index (χ1v) is 7.87. The molecule has 0 fully saturated rings. The number of rotatable bonds is 7. The smallest absolute Gasteiger partial charge is 0.247 e. The zero-order valence-corrected chi connectivity index (χ0v) is 10.2. The molecule has 8 nitrogen and oxygen atoms in total. The van der Waals surface area contributed by atoms with Crippen molar-refractivity contribution in [2.75, 3.05) is 24.3 Å². The van der Waals surface area contributed by atoms with Crippen molar-refractivity contribution in [2.24, 2.45) is 5.73 Å². The number of carbonyl (C=O) groups excluding carboxylic acids is 1. The maximum atomic E-state index is 11.2. The molecule has 0 saturated carbocycles. The van der Waals surface area contributed by atoms with Gasteiger partial charge in [0.1, 0.15) is 15.9 Å². The number of hydrogen-bond donors (Lipinski definition) is 3. The van der Waals surface area contributed by atoms with E-state index in [0.29, 0.717) is 0 Å². The van der Waals surface area contributed by atoms with E-state index >= 15 is 0 Å². The average molecular weight is 274 g/mol. The number of primary amides is 1. The van der Waals surface area contributed by atoms with Gasteiger partial charge in [0.05, 0.1) is 11.5 Å². The SMILES string of the molecule is CS(=O)(=O)CCS(=O)(=O)NCC(O)C(N)=O. The monoisotopic (exact) mass is 274 g/mol. The molecular weight excluding hydrogens is 260 g/mol. The fraction of sp³-hybridized carbons (Fsp3) is 0.833. The highest BCUT2D eigenvalue weighted by atomic mass is 32.2. The van der Waals surface area contributed by atoms with Crippen LogP contribution in [0.5, 0.6) is 0 Å². The topological polar surface area (TPSA) is 144 Å². The zero-order valence-electron chi connectivity index (χ0n) is 8.58. The van der Waals surface area contributed by atoms with Gasteiger partial charge in [-0.2, -0.15) is 0 Å². The van der Waals surface area contributed by atoms with Gasteiger partial charge < -0.3 is 10.8 Å². The molecular formula is C6H14N2O6S2. The van der Waals surface area contributed by atoms with Crippen molar-refractivity contribution in [3.8, 4) is 0 Å². The van der Waals surface area contributed by atoms with Crippen LogP contribution in [-0.4, -0.2) is 58.3 Å². The van der Waals surface area contributed by atoms with Gasteiger partial charge in [-0.25, -0.2) is 21.6 Å². The number of sulfonamides is 1. The van der Waals surface area contributed by atoms with Gasteiger partial charge in [0.15, 0.2) is 0 Å². The maximum Gasteiger partial charge on any atom is 0.247 e. The summed E-state index contributed by atoms with van der Waals surface area (Å²) >= 11 is 0. The van der Waals surface area contributed by atoms with Crippen LogP contribution >= 0.6 is 0 Å². The highest BCUT2D eigenvalue weighted by molar-refractivity contribution is 7.93. The van der Waals surface area contributed by atoms with Crippen molar-refractivity contribution < 1.29 is 26.7 Å². The van der Waals surface area contributed by atoms with Gasteiger partial charge in [-0.3, -0.25) is 4.79 Å². The van der Waals surface area contributed by atoms with E-state index in [4.69, 9.17) is 5.11 Å². The Balaban J connectivity index is 4.22. The normalized spacial score (nSPS) is 14.6. The van der Waals surface area contributed by atoms with Gasteiger partial charge in [-0.1, -0.05) is 0 Å². The highest BCUT2D eigenvalue weighted by Gasteiger charge is 2.17. The predicted molar refractivity (Wildman–Crippen MR) is 56.7 cm³/mol. The quantitative estimate of drug-likeness (QED) is 0.446. The lowest BCUT2D eigenvalue weighted by atomic mass is 10.3. The van der Waals surface area contributed by atoms with Crippen molar-refractivity contribution in [2.45, 2.75) is 6.10 Å². The summed E-state index contributed by atoms with van der Waals surface area (Å²) in [4.78, 5) is 10.4. The van der Waals surface area contributed by atoms with Gasteiger partial charge in [0.25, 0.3) is 0 Å². The van der Waals surface area contributed by atoms with Crippen LogP contribution in [0.2, 0.25) is 0 Å². The number of amides is 1. The van der Waals surface area contributed by atoms with Crippen LogP contribution < -0.4 is 10.5 Å². The van der Waals surface area contributed by atoms with E-state index in [-0.39, 0.29) is 0 Å². The molecule has 0 aliphatic rings. The van der Waals surface area contributed by atoms with Gasteiger partial charge in [0, 0.05) is 12.8 Å². The Morgan fingerprint density at radius 1 is 1.31 bits per heavy atom. The average Bonchev–Trinajstić information content (AvgIpc) is 2.10. The standard InChI is InChI=1S/C6H14N2O6S2/c1-15(11,12)2-3-16(13,14)8-4-5(9)6(7)10/h5,8-9H,2-4H2,1H3,(H2,7,10). The van der Waals surface area contributed by atoms with E-state index in [0.717, 1.165) is 6.26 Å². The number of nitrogens with two attached hydrogens (primary N) is 1. The molecule has 0 heterocycles. The first kappa shape index (κ1) is 15.3. The lowest BCUT2D eigenvalue weighted by Gasteiger charge is -2.08. The summed E-state index contributed by atoms with van der Waals surface area (Å²) < 4.78 is 45.6. The highest BCUT2D eigenvalue weighted by Crippen LogP contribution is 1.90. The zero-order chi connectivity index (χ0) is 13.0. The van der Waals surface area contributed by atoms with E-state index in [2.05, 4.69) is 5.73 Å². The Kier molecular flexibility index (Phi) is 5.32. The Bertz CT molecular complexity index is 440. The molecule has 10 heteroatoms. The Morgan fingerprint density at radius 2 is 1.81 bits per heavy atom. The van der Waals surface area contributed by atoms with Gasteiger partial charge in [0.2, 0.25) is 15.9 Å². The molecule has 1 amide bonds. The molecule has 16 heavy (non-hydrogen) atoms. The van der Waals surface area contributed by atoms with E-state index in [1.165, 1.54) is 0 Å². The largest absolute Gasteiger partial charge is 0.382 e. The molecule has 0 aromatic heterocycles. The number of aliphatic hydroxyl groups excluding tert-OH is 1. The van der Waals surface area contributed by atoms with E-state index < -0.39 is 49.9 Å². The summed E-state index contributed by atoms with van der Waals surface area (Å²) in [5.41, 5.74) is 4.69. The van der Waals surface area contributed by atoms with Crippen LogP contribution in [0.3, 0.4) is 0 Å². The Labute approximate surface area is 93.8 Å². The number of nitrogens with one attached hydrogen (secondary N) is 1. The van der Waals surface area contributed by atoms with Crippen LogP contribution in [0.4, 0.5) is 0 Å². The molecule has 0 spiro atoms. The predicted octanol–water partition coefficient (Wildman–Crippen LogP) is -3.20. The molecule has 0 saturated heterocycles. The Hall–Kier alpha value is -0.710. The molecule has 4 N–H and O–H groups in total. The number of sulfone groups is 1. The third-order valence-corrected chi connectivity index (χ3v) is 4.10. The molecule has 0 aromatic rings. The molecule has 1 unspecified atom stereocenters. The second kappa shape index (κ2) is 5.57. The minimum Gasteiger partial charge on any atom is -0.382 e. The van der Waals surface area contributed by atoms with Crippen LogP contribution in [0.15, 0.2) is 0 Å². The number of hydrogen-bond acceptors (Lipinski definition) is 6. The third-order valence-electron chi connectivity index (χ3n) is 1.55. The molecule has 0 rings (SSSR count). The van der Waals surface area contributed by atoms with Gasteiger partial charge in [-0.05, 0) is 0 Å². The molecule has 0 radical (unpaired) electrons. The van der Waals surface area contributed by atoms with Crippen molar-refractivity contribution >= 4 is 25.8 Å². The summed E-state index contributed by atoms with van der Waals surface area (Å²) in [7, 11) is -7.23. The fourth-order valence-electron chi connectivity index (χ4n) is 0.640. The molecule has 0 aliphatic heterocycles. The fourth-order valence-corrected chi connectivity index (χ4v) is 3.28. The third kappa shape index (κ3) is 7.56. The van der Waals surface area contributed by atoms with E-state index in [1.54, 1.807) is 0 Å². The van der Waals surface area contributed by atoms with Crippen LogP contribution in [0.25, 0.3) is 0 Å². The first-order chi connectivity index (χ1) is 7.03. The van der Waals surface area contributed by atoms with Crippen molar-refractivity contribution in [1.29, 1.82) is 0 Å². The minimum absolute atomic E-state index is 0.533. The summed E-state index contributed by atoms with van der Waals surface area (Å²) in [6.07, 6.45) is -0.728. The maximum absolute atomic E-state index is 11.2. The lowest BCUT2D eigenvalue weighted by Crippen LogP contribution is -2.41. The van der Waals surface area contributed by atoms with Crippen LogP contribution in [0.1, 0.15) is 0 Å². The number of carbonyl (C=O) groups is 1.